The van der Waals surface area contributed by atoms with Crippen LogP contribution in [0.5, 0.6) is 0 Å². The molecule has 0 aliphatic rings. The van der Waals surface area contributed by atoms with Crippen molar-refractivity contribution in [2.75, 3.05) is 5.32 Å². The van der Waals surface area contributed by atoms with Gasteiger partial charge < -0.3 is 21.4 Å². The number of benzene rings is 1. The van der Waals surface area contributed by atoms with Gasteiger partial charge in [-0.25, -0.2) is 4.79 Å². The average molecular weight is 269 g/mol. The predicted molar refractivity (Wildman–Crippen MR) is 63.1 cm³/mol. The average Bonchev–Trinajstić information content (AvgIpc) is 2.82. The number of carboxylic acid groups (broad SMARTS) is 1. The van der Waals surface area contributed by atoms with Crippen LogP contribution in [0.2, 0.25) is 0 Å². The highest BCUT2D eigenvalue weighted by Crippen LogP contribution is 2.17. The monoisotopic (exact) mass is 269 g/mol. The zero-order valence-corrected chi connectivity index (χ0v) is 9.41. The standard InChI is InChI=1S/C9H7N5O3.2H2O/c15-8(9(16)17)10-6-3-1-2-5(4-6)7-11-13-14-12-7;;/h1-4H,(H,10,15)(H,16,17)(H,11,12,13,14);2*1H2. The van der Waals surface area contributed by atoms with Crippen molar-refractivity contribution in [3.8, 4) is 11.4 Å². The molecule has 0 saturated heterocycles. The molecule has 0 aliphatic heterocycles. The second kappa shape index (κ2) is 6.78. The van der Waals surface area contributed by atoms with E-state index in [0.29, 0.717) is 17.1 Å². The first-order valence-electron chi connectivity index (χ1n) is 4.55. The zero-order chi connectivity index (χ0) is 12.3. The van der Waals surface area contributed by atoms with E-state index in [1.165, 1.54) is 0 Å². The van der Waals surface area contributed by atoms with Crippen LogP contribution in [0, 0.1) is 0 Å². The number of carbonyl (C=O) groups excluding carboxylic acids is 1. The number of aromatic nitrogens is 4. The van der Waals surface area contributed by atoms with Crippen LogP contribution in [-0.4, -0.2) is 48.6 Å². The fourth-order valence-corrected chi connectivity index (χ4v) is 1.20. The van der Waals surface area contributed by atoms with Crippen LogP contribution in [0.1, 0.15) is 0 Å². The van der Waals surface area contributed by atoms with Gasteiger partial charge in [-0.05, 0) is 17.3 Å². The minimum Gasteiger partial charge on any atom is -0.474 e. The molecule has 10 heteroatoms. The number of tetrazole rings is 1. The van der Waals surface area contributed by atoms with Crippen molar-refractivity contribution in [2.24, 2.45) is 0 Å². The summed E-state index contributed by atoms with van der Waals surface area (Å²) in [7, 11) is 0. The topological polar surface area (TPSA) is 184 Å². The maximum Gasteiger partial charge on any atom is 0.394 e. The van der Waals surface area contributed by atoms with Gasteiger partial charge in [0, 0.05) is 11.3 Å². The second-order valence-corrected chi connectivity index (χ2v) is 3.08. The van der Waals surface area contributed by atoms with Gasteiger partial charge in [0.25, 0.3) is 0 Å². The minimum absolute atomic E-state index is 0. The van der Waals surface area contributed by atoms with Gasteiger partial charge in [-0.3, -0.25) is 4.79 Å². The normalized spacial score (nSPS) is 8.84. The van der Waals surface area contributed by atoms with Crippen LogP contribution in [0.25, 0.3) is 11.4 Å². The Balaban J connectivity index is 0.00000162. The number of aliphatic carboxylic acids is 1. The smallest absolute Gasteiger partial charge is 0.394 e. The fraction of sp³-hybridized carbons (Fsp3) is 0. The van der Waals surface area contributed by atoms with Crippen LogP contribution in [0.4, 0.5) is 5.69 Å². The maximum atomic E-state index is 10.9. The largest absolute Gasteiger partial charge is 0.474 e. The summed E-state index contributed by atoms with van der Waals surface area (Å²) in [5.41, 5.74) is 0.960. The summed E-state index contributed by atoms with van der Waals surface area (Å²) in [5.74, 6) is -2.29. The van der Waals surface area contributed by atoms with Crippen LogP contribution < -0.4 is 5.32 Å². The van der Waals surface area contributed by atoms with E-state index in [0.717, 1.165) is 0 Å². The van der Waals surface area contributed by atoms with E-state index in [-0.39, 0.29) is 11.0 Å². The number of H-pyrrole nitrogens is 1. The summed E-state index contributed by atoms with van der Waals surface area (Å²) in [6, 6.07) is 6.46. The molecule has 0 fully saturated rings. The summed E-state index contributed by atoms with van der Waals surface area (Å²) in [5, 5.41) is 23.9. The molecule has 0 atom stereocenters. The summed E-state index contributed by atoms with van der Waals surface area (Å²) in [6.45, 7) is 0. The molecule has 0 radical (unpaired) electrons. The van der Waals surface area contributed by atoms with Gasteiger partial charge in [-0.15, -0.1) is 10.2 Å². The van der Waals surface area contributed by atoms with Crippen molar-refractivity contribution in [3.63, 3.8) is 0 Å². The Morgan fingerprint density at radius 3 is 2.58 bits per heavy atom. The first-order chi connectivity index (χ1) is 8.16. The number of hydrogen-bond acceptors (Lipinski definition) is 5. The molecule has 2 aromatic rings. The fourth-order valence-electron chi connectivity index (χ4n) is 1.20. The zero-order valence-electron chi connectivity index (χ0n) is 9.41. The Morgan fingerprint density at radius 2 is 2.00 bits per heavy atom. The number of nitrogens with zero attached hydrogens (tertiary/aromatic N) is 3. The van der Waals surface area contributed by atoms with Gasteiger partial charge in [-0.1, -0.05) is 12.1 Å². The number of carbonyl (C=O) groups is 2. The van der Waals surface area contributed by atoms with E-state index in [9.17, 15) is 9.59 Å². The molecular weight excluding hydrogens is 258 g/mol. The van der Waals surface area contributed by atoms with E-state index in [1.54, 1.807) is 24.3 Å². The van der Waals surface area contributed by atoms with Crippen LogP contribution >= 0.6 is 0 Å². The molecule has 0 aliphatic carbocycles. The molecule has 2 rings (SSSR count). The van der Waals surface area contributed by atoms with E-state index < -0.39 is 11.9 Å². The molecule has 10 nitrogen and oxygen atoms in total. The number of anilines is 1. The predicted octanol–water partition coefficient (Wildman–Crippen LogP) is -1.76. The van der Waals surface area contributed by atoms with E-state index in [2.05, 4.69) is 25.9 Å². The minimum atomic E-state index is -1.55. The molecule has 0 saturated carbocycles. The van der Waals surface area contributed by atoms with Gasteiger partial charge in [0.05, 0.1) is 0 Å². The molecular formula is C9H11N5O5. The second-order valence-electron chi connectivity index (χ2n) is 3.08. The number of nitrogens with one attached hydrogen (secondary N) is 2. The van der Waals surface area contributed by atoms with Crippen LogP contribution in [0.3, 0.4) is 0 Å². The molecule has 0 bridgehead atoms. The van der Waals surface area contributed by atoms with E-state index >= 15 is 0 Å². The number of aromatic amines is 1. The van der Waals surface area contributed by atoms with Crippen molar-refractivity contribution in [2.45, 2.75) is 0 Å². The van der Waals surface area contributed by atoms with Gasteiger partial charge >= 0.3 is 11.9 Å². The third-order valence-electron chi connectivity index (χ3n) is 1.92. The highest BCUT2D eigenvalue weighted by atomic mass is 16.4. The molecule has 102 valence electrons. The van der Waals surface area contributed by atoms with Crippen molar-refractivity contribution < 1.29 is 25.6 Å². The summed E-state index contributed by atoms with van der Waals surface area (Å²) in [4.78, 5) is 21.3. The Bertz CT molecular complexity index is 556. The van der Waals surface area contributed by atoms with Crippen LogP contribution in [0.15, 0.2) is 24.3 Å². The molecule has 0 spiro atoms. The third kappa shape index (κ3) is 3.83. The van der Waals surface area contributed by atoms with Crippen molar-refractivity contribution >= 4 is 17.6 Å². The highest BCUT2D eigenvalue weighted by molar-refractivity contribution is 6.36. The van der Waals surface area contributed by atoms with Crippen molar-refractivity contribution in [1.82, 2.24) is 20.6 Å². The number of rotatable bonds is 2. The lowest BCUT2D eigenvalue weighted by atomic mass is 10.2. The van der Waals surface area contributed by atoms with E-state index in [4.69, 9.17) is 5.11 Å². The van der Waals surface area contributed by atoms with E-state index in [1.807, 2.05) is 0 Å². The quantitative estimate of drug-likeness (QED) is 0.542. The first kappa shape index (κ1) is 16.1. The summed E-state index contributed by atoms with van der Waals surface area (Å²) < 4.78 is 0. The molecule has 1 amide bonds. The SMILES string of the molecule is O.O.O=C(O)C(=O)Nc1cccc(-c2nn[nH]n2)c1. The molecule has 0 unspecified atom stereocenters. The molecule has 19 heavy (non-hydrogen) atoms. The van der Waals surface area contributed by atoms with Gasteiger partial charge in [0.1, 0.15) is 0 Å². The third-order valence-corrected chi connectivity index (χ3v) is 1.92. The lowest BCUT2D eigenvalue weighted by Gasteiger charge is -2.02. The highest BCUT2D eigenvalue weighted by Gasteiger charge is 2.11. The summed E-state index contributed by atoms with van der Waals surface area (Å²) in [6.07, 6.45) is 0. The Labute approximate surface area is 106 Å². The summed E-state index contributed by atoms with van der Waals surface area (Å²) >= 11 is 0. The van der Waals surface area contributed by atoms with Gasteiger partial charge in [0.2, 0.25) is 5.82 Å². The van der Waals surface area contributed by atoms with Gasteiger partial charge in [0.15, 0.2) is 0 Å². The van der Waals surface area contributed by atoms with Crippen LogP contribution in [-0.2, 0) is 9.59 Å². The molecule has 1 aromatic heterocycles. The number of carboxylic acids is 1. The molecule has 7 N–H and O–H groups in total. The van der Waals surface area contributed by atoms with Gasteiger partial charge in [-0.2, -0.15) is 5.21 Å². The first-order valence-corrected chi connectivity index (χ1v) is 4.55. The van der Waals surface area contributed by atoms with Crippen molar-refractivity contribution in [1.29, 1.82) is 0 Å². The number of amides is 1. The lowest BCUT2D eigenvalue weighted by molar-refractivity contribution is -0.147. The molecule has 1 heterocycles. The Kier molecular flexibility index (Phi) is 5.76. The molecule has 1 aromatic carbocycles. The maximum absolute atomic E-state index is 10.9. The Morgan fingerprint density at radius 1 is 1.26 bits per heavy atom. The lowest BCUT2D eigenvalue weighted by Crippen LogP contribution is -2.21. The number of hydrogen-bond donors (Lipinski definition) is 3. The van der Waals surface area contributed by atoms with Crippen molar-refractivity contribution in [3.05, 3.63) is 24.3 Å². The Hall–Kier alpha value is -2.85.